The molecule has 0 saturated carbocycles. The molecule has 0 unspecified atom stereocenters. The van der Waals surface area contributed by atoms with Crippen molar-refractivity contribution >= 4 is 23.5 Å². The molecular weight excluding hydrogens is 154 g/mol. The number of aromatic nitrogens is 1. The minimum absolute atomic E-state index is 0.801. The van der Waals surface area contributed by atoms with Gasteiger partial charge >= 0.3 is 0 Å². The SMILES string of the molecule is SCc1cccc2[nH]ccc12. The van der Waals surface area contributed by atoms with Gasteiger partial charge in [-0.25, -0.2) is 0 Å². The van der Waals surface area contributed by atoms with Crippen LogP contribution in [0.2, 0.25) is 0 Å². The fourth-order valence-electron chi connectivity index (χ4n) is 1.29. The van der Waals surface area contributed by atoms with E-state index in [2.05, 4.69) is 35.8 Å². The van der Waals surface area contributed by atoms with Gasteiger partial charge in [0.25, 0.3) is 0 Å². The minimum atomic E-state index is 0.801. The van der Waals surface area contributed by atoms with E-state index in [0.717, 1.165) is 5.75 Å². The van der Waals surface area contributed by atoms with Crippen LogP contribution in [0.4, 0.5) is 0 Å². The average Bonchev–Trinajstić information content (AvgIpc) is 2.50. The first kappa shape index (κ1) is 6.80. The predicted molar refractivity (Wildman–Crippen MR) is 51.0 cm³/mol. The van der Waals surface area contributed by atoms with Gasteiger partial charge in [0.2, 0.25) is 0 Å². The van der Waals surface area contributed by atoms with Gasteiger partial charge in [0.05, 0.1) is 0 Å². The van der Waals surface area contributed by atoms with Gasteiger partial charge in [0, 0.05) is 22.9 Å². The number of hydrogen-bond acceptors (Lipinski definition) is 1. The van der Waals surface area contributed by atoms with Crippen molar-refractivity contribution < 1.29 is 0 Å². The highest BCUT2D eigenvalue weighted by molar-refractivity contribution is 7.79. The fraction of sp³-hybridized carbons (Fsp3) is 0.111. The normalized spacial score (nSPS) is 10.6. The van der Waals surface area contributed by atoms with Gasteiger partial charge in [0.1, 0.15) is 0 Å². The summed E-state index contributed by atoms with van der Waals surface area (Å²) in [4.78, 5) is 3.16. The van der Waals surface area contributed by atoms with Gasteiger partial charge in [0.15, 0.2) is 0 Å². The molecule has 0 amide bonds. The summed E-state index contributed by atoms with van der Waals surface area (Å²) in [6.45, 7) is 0. The number of fused-ring (bicyclic) bond motifs is 1. The lowest BCUT2D eigenvalue weighted by atomic mass is 10.1. The highest BCUT2D eigenvalue weighted by Crippen LogP contribution is 2.18. The molecule has 0 aliphatic carbocycles. The zero-order chi connectivity index (χ0) is 7.68. The predicted octanol–water partition coefficient (Wildman–Crippen LogP) is 2.60. The number of H-pyrrole nitrogens is 1. The zero-order valence-electron chi connectivity index (χ0n) is 6.04. The van der Waals surface area contributed by atoms with Crippen molar-refractivity contribution in [1.82, 2.24) is 4.98 Å². The van der Waals surface area contributed by atoms with Crippen LogP contribution in [0, 0.1) is 0 Å². The smallest absolute Gasteiger partial charge is 0.0457 e. The van der Waals surface area contributed by atoms with E-state index in [9.17, 15) is 0 Å². The molecule has 0 spiro atoms. The topological polar surface area (TPSA) is 15.8 Å². The molecule has 2 heteroatoms. The highest BCUT2D eigenvalue weighted by atomic mass is 32.1. The molecule has 0 aliphatic heterocycles. The lowest BCUT2D eigenvalue weighted by Crippen LogP contribution is -1.77. The third-order valence-electron chi connectivity index (χ3n) is 1.86. The van der Waals surface area contributed by atoms with E-state index < -0.39 is 0 Å². The zero-order valence-corrected chi connectivity index (χ0v) is 6.94. The van der Waals surface area contributed by atoms with E-state index in [1.165, 1.54) is 16.5 Å². The molecule has 1 heterocycles. The first-order chi connectivity index (χ1) is 5.42. The number of aromatic amines is 1. The highest BCUT2D eigenvalue weighted by Gasteiger charge is 1.97. The Bertz CT molecular complexity index is 364. The summed E-state index contributed by atoms with van der Waals surface area (Å²) in [7, 11) is 0. The fourth-order valence-corrected chi connectivity index (χ4v) is 1.56. The Balaban J connectivity index is 2.79. The quantitative estimate of drug-likeness (QED) is 0.601. The lowest BCUT2D eigenvalue weighted by molar-refractivity contribution is 1.45. The van der Waals surface area contributed by atoms with Crippen molar-refractivity contribution in [2.75, 3.05) is 0 Å². The second-order valence-electron chi connectivity index (χ2n) is 2.51. The number of thiol groups is 1. The van der Waals surface area contributed by atoms with E-state index >= 15 is 0 Å². The largest absolute Gasteiger partial charge is 0.361 e. The molecule has 11 heavy (non-hydrogen) atoms. The van der Waals surface area contributed by atoms with Gasteiger partial charge in [-0.15, -0.1) is 0 Å². The summed E-state index contributed by atoms with van der Waals surface area (Å²) in [5.74, 6) is 0.801. The summed E-state index contributed by atoms with van der Waals surface area (Å²) < 4.78 is 0. The standard InChI is InChI=1S/C9H9NS/c11-6-7-2-1-3-9-8(7)4-5-10-9/h1-5,10-11H,6H2. The lowest BCUT2D eigenvalue weighted by Gasteiger charge is -1.96. The Morgan fingerprint density at radius 3 is 3.00 bits per heavy atom. The molecular formula is C9H9NS. The summed E-state index contributed by atoms with van der Waals surface area (Å²) in [6, 6.07) is 8.30. The van der Waals surface area contributed by atoms with Crippen LogP contribution in [-0.2, 0) is 5.75 Å². The van der Waals surface area contributed by atoms with Crippen molar-refractivity contribution in [3.05, 3.63) is 36.0 Å². The van der Waals surface area contributed by atoms with E-state index in [4.69, 9.17) is 0 Å². The van der Waals surface area contributed by atoms with Gasteiger partial charge in [-0.3, -0.25) is 0 Å². The Morgan fingerprint density at radius 2 is 2.18 bits per heavy atom. The molecule has 2 aromatic rings. The Morgan fingerprint density at radius 1 is 1.27 bits per heavy atom. The molecule has 0 bridgehead atoms. The summed E-state index contributed by atoms with van der Waals surface area (Å²) in [5, 5.41) is 1.28. The van der Waals surface area contributed by atoms with Crippen molar-refractivity contribution in [1.29, 1.82) is 0 Å². The molecule has 1 nitrogen and oxygen atoms in total. The molecule has 0 fully saturated rings. The van der Waals surface area contributed by atoms with Crippen molar-refractivity contribution in [2.45, 2.75) is 5.75 Å². The summed E-state index contributed by atoms with van der Waals surface area (Å²) >= 11 is 4.25. The summed E-state index contributed by atoms with van der Waals surface area (Å²) in [5.41, 5.74) is 2.48. The van der Waals surface area contributed by atoms with Gasteiger partial charge in [-0.1, -0.05) is 12.1 Å². The van der Waals surface area contributed by atoms with Gasteiger partial charge < -0.3 is 4.98 Å². The molecule has 0 aliphatic rings. The third-order valence-corrected chi connectivity index (χ3v) is 2.20. The van der Waals surface area contributed by atoms with E-state index in [1.807, 2.05) is 12.3 Å². The molecule has 0 saturated heterocycles. The molecule has 56 valence electrons. The third kappa shape index (κ3) is 1.03. The van der Waals surface area contributed by atoms with Crippen LogP contribution in [0.25, 0.3) is 10.9 Å². The molecule has 2 rings (SSSR count). The van der Waals surface area contributed by atoms with Crippen LogP contribution in [-0.4, -0.2) is 4.98 Å². The van der Waals surface area contributed by atoms with Crippen molar-refractivity contribution in [2.24, 2.45) is 0 Å². The first-order valence-electron chi connectivity index (χ1n) is 3.57. The maximum atomic E-state index is 4.25. The Hall–Kier alpha value is -0.890. The Labute approximate surface area is 70.8 Å². The van der Waals surface area contributed by atoms with Crippen molar-refractivity contribution in [3.63, 3.8) is 0 Å². The number of rotatable bonds is 1. The van der Waals surface area contributed by atoms with Crippen LogP contribution in [0.15, 0.2) is 30.5 Å². The molecule has 0 atom stereocenters. The maximum Gasteiger partial charge on any atom is 0.0457 e. The molecule has 1 N–H and O–H groups in total. The van der Waals surface area contributed by atoms with Gasteiger partial charge in [-0.2, -0.15) is 12.6 Å². The first-order valence-corrected chi connectivity index (χ1v) is 4.21. The minimum Gasteiger partial charge on any atom is -0.361 e. The number of benzene rings is 1. The average molecular weight is 163 g/mol. The Kier molecular flexibility index (Phi) is 1.62. The van der Waals surface area contributed by atoms with E-state index in [-0.39, 0.29) is 0 Å². The van der Waals surface area contributed by atoms with Crippen LogP contribution >= 0.6 is 12.6 Å². The van der Waals surface area contributed by atoms with Crippen LogP contribution in [0.3, 0.4) is 0 Å². The van der Waals surface area contributed by atoms with Crippen molar-refractivity contribution in [3.8, 4) is 0 Å². The van der Waals surface area contributed by atoms with Crippen LogP contribution in [0.5, 0.6) is 0 Å². The molecule has 0 radical (unpaired) electrons. The monoisotopic (exact) mass is 163 g/mol. The van der Waals surface area contributed by atoms with E-state index in [0.29, 0.717) is 0 Å². The number of hydrogen-bond donors (Lipinski definition) is 2. The number of nitrogens with one attached hydrogen (secondary N) is 1. The van der Waals surface area contributed by atoms with E-state index in [1.54, 1.807) is 0 Å². The second-order valence-corrected chi connectivity index (χ2v) is 2.83. The molecule has 1 aromatic carbocycles. The summed E-state index contributed by atoms with van der Waals surface area (Å²) in [6.07, 6.45) is 1.96. The van der Waals surface area contributed by atoms with Crippen LogP contribution < -0.4 is 0 Å². The van der Waals surface area contributed by atoms with Crippen LogP contribution in [0.1, 0.15) is 5.56 Å². The second kappa shape index (κ2) is 2.62. The maximum absolute atomic E-state index is 4.25. The van der Waals surface area contributed by atoms with Gasteiger partial charge in [-0.05, 0) is 17.7 Å². The molecule has 1 aromatic heterocycles.